The van der Waals surface area contributed by atoms with E-state index in [0.29, 0.717) is 11.4 Å². The molecule has 0 aliphatic rings. The lowest BCUT2D eigenvalue weighted by Gasteiger charge is -2.13. The standard InChI is InChI=1S/C61H37N5/c62-38-39-12-10-14-42(34-39)43-15-11-16-46(35-43)59-52-31-26-40-13-4-5-19-49(40)60(52)64-61(63-59)41-24-29-48(30-25-41)66-56-23-9-7-21-51(56)54-37-45(28-33-58(54)66)44-27-32-57-53(36-44)50-20-6-8-22-55(50)65(57)47-17-2-1-3-18-47/h1-37H. The van der Waals surface area contributed by atoms with Gasteiger partial charge in [-0.1, -0.05) is 127 Å². The maximum Gasteiger partial charge on any atom is 0.160 e. The molecule has 0 amide bonds. The lowest BCUT2D eigenvalue weighted by molar-refractivity contribution is 1.17. The van der Waals surface area contributed by atoms with Gasteiger partial charge < -0.3 is 9.13 Å². The first-order valence-corrected chi connectivity index (χ1v) is 22.2. The molecule has 0 saturated heterocycles. The van der Waals surface area contributed by atoms with Gasteiger partial charge in [0.1, 0.15) is 0 Å². The Labute approximate surface area is 380 Å². The van der Waals surface area contributed by atoms with Crippen LogP contribution < -0.4 is 0 Å². The smallest absolute Gasteiger partial charge is 0.160 e. The van der Waals surface area contributed by atoms with Gasteiger partial charge in [-0.05, 0) is 125 Å². The molecule has 0 aliphatic heterocycles. The molecule has 0 radical (unpaired) electrons. The number of benzene rings is 10. The number of hydrogen-bond acceptors (Lipinski definition) is 3. The highest BCUT2D eigenvalue weighted by atomic mass is 15.0. The molecule has 5 heteroatoms. The maximum atomic E-state index is 9.61. The van der Waals surface area contributed by atoms with Gasteiger partial charge in [-0.25, -0.2) is 9.97 Å². The van der Waals surface area contributed by atoms with E-state index in [0.717, 1.165) is 72.0 Å². The molecule has 0 N–H and O–H groups in total. The molecular weight excluding hydrogens is 803 g/mol. The van der Waals surface area contributed by atoms with Gasteiger partial charge in [0.05, 0.1) is 44.9 Å². The Kier molecular flexibility index (Phi) is 8.52. The van der Waals surface area contributed by atoms with Crippen molar-refractivity contribution in [1.29, 1.82) is 5.26 Å². The van der Waals surface area contributed by atoms with E-state index in [1.165, 1.54) is 43.7 Å². The molecule has 66 heavy (non-hydrogen) atoms. The van der Waals surface area contributed by atoms with Crippen LogP contribution in [0.3, 0.4) is 0 Å². The molecule has 306 valence electrons. The fourth-order valence-corrected chi connectivity index (χ4v) is 10.0. The van der Waals surface area contributed by atoms with Crippen LogP contribution >= 0.6 is 0 Å². The van der Waals surface area contributed by atoms with Crippen molar-refractivity contribution in [2.75, 3.05) is 0 Å². The quantitative estimate of drug-likeness (QED) is 0.157. The van der Waals surface area contributed by atoms with Gasteiger partial charge in [0.25, 0.3) is 0 Å². The van der Waals surface area contributed by atoms with Gasteiger partial charge in [0.15, 0.2) is 5.82 Å². The van der Waals surface area contributed by atoms with Crippen molar-refractivity contribution in [2.24, 2.45) is 0 Å². The van der Waals surface area contributed by atoms with Gasteiger partial charge in [-0.3, -0.25) is 0 Å². The third kappa shape index (κ3) is 6.01. The highest BCUT2D eigenvalue weighted by Gasteiger charge is 2.18. The van der Waals surface area contributed by atoms with Crippen molar-refractivity contribution < 1.29 is 0 Å². The Morgan fingerprint density at radius 3 is 1.55 bits per heavy atom. The lowest BCUT2D eigenvalue weighted by atomic mass is 9.97. The summed E-state index contributed by atoms with van der Waals surface area (Å²) < 4.78 is 4.73. The first-order chi connectivity index (χ1) is 32.7. The third-order valence-corrected chi connectivity index (χ3v) is 13.1. The van der Waals surface area contributed by atoms with Gasteiger partial charge in [-0.15, -0.1) is 0 Å². The van der Waals surface area contributed by atoms with Crippen LogP contribution in [0.15, 0.2) is 224 Å². The largest absolute Gasteiger partial charge is 0.309 e. The second kappa shape index (κ2) is 15.0. The van der Waals surface area contributed by atoms with Gasteiger partial charge in [0.2, 0.25) is 0 Å². The summed E-state index contributed by atoms with van der Waals surface area (Å²) in [5, 5.41) is 17.7. The van der Waals surface area contributed by atoms with Crippen molar-refractivity contribution in [3.05, 3.63) is 230 Å². The molecule has 0 spiro atoms. The number of nitriles is 1. The minimum atomic E-state index is 0.631. The van der Waals surface area contributed by atoms with Crippen LogP contribution in [0.25, 0.3) is 122 Å². The van der Waals surface area contributed by atoms with Crippen LogP contribution in [0.1, 0.15) is 5.56 Å². The number of rotatable bonds is 6. The minimum absolute atomic E-state index is 0.631. The zero-order valence-corrected chi connectivity index (χ0v) is 35.6. The Morgan fingerprint density at radius 1 is 0.333 bits per heavy atom. The molecule has 3 aromatic heterocycles. The fourth-order valence-electron chi connectivity index (χ4n) is 10.0. The van der Waals surface area contributed by atoms with Gasteiger partial charge in [0, 0.05) is 54.8 Å². The Balaban J connectivity index is 0.916. The third-order valence-electron chi connectivity index (χ3n) is 13.1. The van der Waals surface area contributed by atoms with E-state index < -0.39 is 0 Å². The zero-order chi connectivity index (χ0) is 43.7. The molecule has 0 fully saturated rings. The van der Waals surface area contributed by atoms with E-state index in [4.69, 9.17) is 9.97 Å². The lowest BCUT2D eigenvalue weighted by Crippen LogP contribution is -1.97. The number of hydrogen-bond donors (Lipinski definition) is 0. The molecule has 0 saturated carbocycles. The van der Waals surface area contributed by atoms with Gasteiger partial charge in [-0.2, -0.15) is 5.26 Å². The molecule has 0 aliphatic carbocycles. The van der Waals surface area contributed by atoms with Crippen LogP contribution in [0, 0.1) is 11.3 Å². The highest BCUT2D eigenvalue weighted by Crippen LogP contribution is 2.40. The summed E-state index contributed by atoms with van der Waals surface area (Å²) in [7, 11) is 0. The van der Waals surface area contributed by atoms with E-state index >= 15 is 0 Å². The number of fused-ring (bicyclic) bond motifs is 9. The first-order valence-electron chi connectivity index (χ1n) is 22.2. The molecule has 13 rings (SSSR count). The summed E-state index contributed by atoms with van der Waals surface area (Å²) in [6.07, 6.45) is 0. The van der Waals surface area contributed by atoms with Gasteiger partial charge >= 0.3 is 0 Å². The van der Waals surface area contributed by atoms with Crippen molar-refractivity contribution >= 4 is 65.3 Å². The Morgan fingerprint density at radius 2 is 0.864 bits per heavy atom. The molecule has 0 atom stereocenters. The summed E-state index contributed by atoms with van der Waals surface area (Å²) in [5.41, 5.74) is 15.6. The maximum absolute atomic E-state index is 9.61. The molecule has 3 heterocycles. The van der Waals surface area contributed by atoms with E-state index in [1.54, 1.807) is 0 Å². The van der Waals surface area contributed by atoms with Crippen molar-refractivity contribution in [1.82, 2.24) is 19.1 Å². The fraction of sp³-hybridized carbons (Fsp3) is 0. The predicted molar refractivity (Wildman–Crippen MR) is 272 cm³/mol. The number of nitrogens with zero attached hydrogens (tertiary/aromatic N) is 5. The molecule has 10 aromatic carbocycles. The number of aromatic nitrogens is 4. The van der Waals surface area contributed by atoms with Crippen molar-refractivity contribution in [2.45, 2.75) is 0 Å². The average molecular weight is 840 g/mol. The molecule has 13 aromatic rings. The Bertz CT molecular complexity index is 4110. The molecule has 0 unspecified atom stereocenters. The average Bonchev–Trinajstić information content (AvgIpc) is 3.91. The second-order valence-corrected chi connectivity index (χ2v) is 16.9. The van der Waals surface area contributed by atoms with Crippen LogP contribution in [-0.2, 0) is 0 Å². The normalized spacial score (nSPS) is 11.6. The van der Waals surface area contributed by atoms with E-state index in [1.807, 2.05) is 24.3 Å². The predicted octanol–water partition coefficient (Wildman–Crippen LogP) is 15.5. The molecule has 0 bridgehead atoms. The Hall–Kier alpha value is -9.11. The van der Waals surface area contributed by atoms with Crippen molar-refractivity contribution in [3.63, 3.8) is 0 Å². The van der Waals surface area contributed by atoms with Crippen molar-refractivity contribution in [3.8, 4) is 62.3 Å². The summed E-state index contributed by atoms with van der Waals surface area (Å²) in [6, 6.07) is 81.5. The van der Waals surface area contributed by atoms with E-state index in [9.17, 15) is 5.26 Å². The minimum Gasteiger partial charge on any atom is -0.309 e. The molecular formula is C61H37N5. The second-order valence-electron chi connectivity index (χ2n) is 16.9. The summed E-state index contributed by atoms with van der Waals surface area (Å²) in [6.45, 7) is 0. The van der Waals surface area contributed by atoms with Crippen LogP contribution in [0.4, 0.5) is 0 Å². The van der Waals surface area contributed by atoms with E-state index in [2.05, 4.69) is 215 Å². The van der Waals surface area contributed by atoms with E-state index in [-0.39, 0.29) is 0 Å². The SMILES string of the molecule is N#Cc1cccc(-c2cccc(-c3nc(-c4ccc(-n5c6ccccc6c6cc(-c7ccc8c(c7)c7ccccc7n8-c7ccccc7)ccc65)cc4)nc4c3ccc3ccccc34)c2)c1. The van der Waals surface area contributed by atoms with Crippen LogP contribution in [0.5, 0.6) is 0 Å². The highest BCUT2D eigenvalue weighted by molar-refractivity contribution is 6.13. The zero-order valence-electron chi connectivity index (χ0n) is 35.6. The van der Waals surface area contributed by atoms with Crippen LogP contribution in [0.2, 0.25) is 0 Å². The first kappa shape index (κ1) is 37.4. The summed E-state index contributed by atoms with van der Waals surface area (Å²) in [4.78, 5) is 10.6. The van der Waals surface area contributed by atoms with Crippen LogP contribution in [-0.4, -0.2) is 19.1 Å². The summed E-state index contributed by atoms with van der Waals surface area (Å²) >= 11 is 0. The topological polar surface area (TPSA) is 59.4 Å². The number of para-hydroxylation sites is 3. The monoisotopic (exact) mass is 839 g/mol. The molecule has 5 nitrogen and oxygen atoms in total. The summed E-state index contributed by atoms with van der Waals surface area (Å²) in [5.74, 6) is 0.660.